The molecule has 1 aliphatic heterocycles. The second-order valence-electron chi connectivity index (χ2n) is 8.64. The van der Waals surface area contributed by atoms with Crippen molar-refractivity contribution < 1.29 is 0 Å². The summed E-state index contributed by atoms with van der Waals surface area (Å²) in [5.41, 5.74) is 7.31. The van der Waals surface area contributed by atoms with Crippen LogP contribution in [0, 0.1) is 0 Å². The van der Waals surface area contributed by atoms with Gasteiger partial charge in [0.05, 0.1) is 29.0 Å². The van der Waals surface area contributed by atoms with Gasteiger partial charge in [-0.3, -0.25) is 5.01 Å². The third kappa shape index (κ3) is 2.85. The van der Waals surface area contributed by atoms with E-state index in [-0.39, 0.29) is 0 Å². The first-order chi connectivity index (χ1) is 15.7. The molecule has 0 spiro atoms. The van der Waals surface area contributed by atoms with Crippen LogP contribution in [0.3, 0.4) is 0 Å². The summed E-state index contributed by atoms with van der Waals surface area (Å²) >= 11 is 0. The van der Waals surface area contributed by atoms with E-state index in [1.54, 1.807) is 0 Å². The summed E-state index contributed by atoms with van der Waals surface area (Å²) < 4.78 is 2.34. The molecular weight excluding hydrogens is 390 g/mol. The largest absolute Gasteiger partial charge is 0.309 e. The fourth-order valence-corrected chi connectivity index (χ4v) is 4.99. The molecule has 5 aromatic rings. The van der Waals surface area contributed by atoms with Gasteiger partial charge in [-0.1, -0.05) is 67.6 Å². The topological polar surface area (TPSA) is 20.5 Å². The number of nitrogens with zero attached hydrogens (tertiary/aromatic N) is 3. The van der Waals surface area contributed by atoms with Crippen LogP contribution in [-0.2, 0) is 0 Å². The van der Waals surface area contributed by atoms with Crippen molar-refractivity contribution >= 4 is 33.7 Å². The van der Waals surface area contributed by atoms with E-state index >= 15 is 0 Å². The van der Waals surface area contributed by atoms with Gasteiger partial charge in [0.1, 0.15) is 0 Å². The molecule has 0 N–H and O–H groups in total. The molecule has 0 fully saturated rings. The maximum atomic E-state index is 4.92. The molecule has 156 valence electrons. The molecule has 32 heavy (non-hydrogen) atoms. The van der Waals surface area contributed by atoms with E-state index in [1.165, 1.54) is 38.7 Å². The predicted molar refractivity (Wildman–Crippen MR) is 135 cm³/mol. The van der Waals surface area contributed by atoms with Crippen LogP contribution in [-0.4, -0.2) is 16.8 Å². The standard InChI is InChI=1S/C29H25N3/c1-20-21(2)32(29-15-9-6-12-24(20)29)30-19-22-16-17-28-26(18-22)25-13-7-8-14-27(25)31(28)23-10-4-3-5-11-23/h3-21H,1-2H3. The minimum absolute atomic E-state index is 0.340. The third-order valence-electron chi connectivity index (χ3n) is 6.83. The fraction of sp³-hybridized carbons (Fsp3) is 0.138. The summed E-state index contributed by atoms with van der Waals surface area (Å²) in [5, 5.41) is 9.59. The fourth-order valence-electron chi connectivity index (χ4n) is 4.99. The first-order valence-corrected chi connectivity index (χ1v) is 11.2. The summed E-state index contributed by atoms with van der Waals surface area (Å²) in [6.45, 7) is 4.53. The lowest BCUT2D eigenvalue weighted by Gasteiger charge is -2.20. The molecule has 0 amide bonds. The number of rotatable bonds is 3. The van der Waals surface area contributed by atoms with E-state index in [2.05, 4.69) is 120 Å². The second kappa shape index (κ2) is 7.38. The lowest BCUT2D eigenvalue weighted by atomic mass is 9.99. The molecule has 3 heteroatoms. The molecule has 3 nitrogen and oxygen atoms in total. The Labute approximate surface area is 188 Å². The van der Waals surface area contributed by atoms with Crippen molar-refractivity contribution in [3.8, 4) is 5.69 Å². The van der Waals surface area contributed by atoms with Crippen molar-refractivity contribution in [3.05, 3.63) is 108 Å². The van der Waals surface area contributed by atoms with Crippen LogP contribution in [0.25, 0.3) is 27.5 Å². The van der Waals surface area contributed by atoms with E-state index in [4.69, 9.17) is 5.10 Å². The van der Waals surface area contributed by atoms with Crippen molar-refractivity contribution in [2.45, 2.75) is 25.8 Å². The maximum absolute atomic E-state index is 4.92. The van der Waals surface area contributed by atoms with Crippen LogP contribution < -0.4 is 5.01 Å². The van der Waals surface area contributed by atoms with Crippen LogP contribution in [0.5, 0.6) is 0 Å². The second-order valence-corrected chi connectivity index (χ2v) is 8.64. The number of fused-ring (bicyclic) bond motifs is 4. The van der Waals surface area contributed by atoms with Crippen LogP contribution in [0.1, 0.15) is 30.9 Å². The van der Waals surface area contributed by atoms with Gasteiger partial charge in [-0.2, -0.15) is 5.10 Å². The highest BCUT2D eigenvalue weighted by atomic mass is 15.5. The number of anilines is 1. The molecule has 2 unspecified atom stereocenters. The minimum Gasteiger partial charge on any atom is -0.309 e. The zero-order chi connectivity index (χ0) is 21.7. The molecule has 0 saturated carbocycles. The molecule has 2 heterocycles. The Bertz CT molecular complexity index is 1460. The molecule has 4 aromatic carbocycles. The minimum atomic E-state index is 0.340. The number of hydrogen-bond acceptors (Lipinski definition) is 2. The van der Waals surface area contributed by atoms with Gasteiger partial charge in [0.15, 0.2) is 0 Å². The Balaban J connectivity index is 1.45. The Morgan fingerprint density at radius 1 is 0.719 bits per heavy atom. The van der Waals surface area contributed by atoms with E-state index in [0.717, 1.165) is 5.56 Å². The molecule has 2 atom stereocenters. The molecule has 6 rings (SSSR count). The van der Waals surface area contributed by atoms with E-state index < -0.39 is 0 Å². The van der Waals surface area contributed by atoms with Gasteiger partial charge < -0.3 is 4.57 Å². The van der Waals surface area contributed by atoms with Gasteiger partial charge in [0, 0.05) is 22.4 Å². The van der Waals surface area contributed by atoms with Crippen molar-refractivity contribution in [2.75, 3.05) is 5.01 Å². The highest BCUT2D eigenvalue weighted by Crippen LogP contribution is 2.40. The molecular formula is C29H25N3. The maximum Gasteiger partial charge on any atom is 0.0632 e. The van der Waals surface area contributed by atoms with Crippen molar-refractivity contribution in [3.63, 3.8) is 0 Å². The Morgan fingerprint density at radius 3 is 2.31 bits per heavy atom. The van der Waals surface area contributed by atoms with Crippen molar-refractivity contribution in [2.24, 2.45) is 5.10 Å². The molecule has 0 saturated heterocycles. The Morgan fingerprint density at radius 2 is 1.44 bits per heavy atom. The Kier molecular flexibility index (Phi) is 4.36. The van der Waals surface area contributed by atoms with Crippen LogP contribution in [0.15, 0.2) is 102 Å². The van der Waals surface area contributed by atoms with Gasteiger partial charge in [0.25, 0.3) is 0 Å². The number of aromatic nitrogens is 1. The van der Waals surface area contributed by atoms with Gasteiger partial charge in [0.2, 0.25) is 0 Å². The van der Waals surface area contributed by atoms with E-state index in [9.17, 15) is 0 Å². The first-order valence-electron chi connectivity index (χ1n) is 11.2. The normalized spacial score (nSPS) is 18.1. The zero-order valence-corrected chi connectivity index (χ0v) is 18.3. The summed E-state index contributed by atoms with van der Waals surface area (Å²) in [6.07, 6.45) is 2.00. The highest BCUT2D eigenvalue weighted by molar-refractivity contribution is 6.10. The SMILES string of the molecule is CC1c2ccccc2N(N=Cc2ccc3c(c2)c2ccccc2n3-c2ccccc2)C1C. The molecule has 0 aliphatic carbocycles. The van der Waals surface area contributed by atoms with Crippen LogP contribution in [0.2, 0.25) is 0 Å². The van der Waals surface area contributed by atoms with Crippen molar-refractivity contribution in [1.82, 2.24) is 4.57 Å². The lowest BCUT2D eigenvalue weighted by Crippen LogP contribution is -2.25. The molecule has 0 bridgehead atoms. The molecule has 0 radical (unpaired) electrons. The predicted octanol–water partition coefficient (Wildman–Crippen LogP) is 7.13. The van der Waals surface area contributed by atoms with E-state index in [1.807, 2.05) is 6.21 Å². The average Bonchev–Trinajstić information content (AvgIpc) is 3.30. The van der Waals surface area contributed by atoms with Gasteiger partial charge >= 0.3 is 0 Å². The number of benzene rings is 4. The average molecular weight is 416 g/mol. The number of hydrogen-bond donors (Lipinski definition) is 0. The van der Waals surface area contributed by atoms with E-state index in [0.29, 0.717) is 12.0 Å². The zero-order valence-electron chi connectivity index (χ0n) is 18.3. The van der Waals surface area contributed by atoms with Crippen LogP contribution >= 0.6 is 0 Å². The van der Waals surface area contributed by atoms with Crippen LogP contribution in [0.4, 0.5) is 5.69 Å². The number of para-hydroxylation sites is 3. The smallest absolute Gasteiger partial charge is 0.0632 e. The lowest BCUT2D eigenvalue weighted by molar-refractivity contribution is 0.607. The Hall–Kier alpha value is -3.85. The highest BCUT2D eigenvalue weighted by Gasteiger charge is 2.32. The third-order valence-corrected chi connectivity index (χ3v) is 6.83. The first kappa shape index (κ1) is 18.9. The summed E-state index contributed by atoms with van der Waals surface area (Å²) in [7, 11) is 0. The van der Waals surface area contributed by atoms with Gasteiger partial charge in [-0.05, 0) is 54.4 Å². The monoisotopic (exact) mass is 415 g/mol. The summed E-state index contributed by atoms with van der Waals surface area (Å²) in [4.78, 5) is 0. The van der Waals surface area contributed by atoms with Gasteiger partial charge in [-0.15, -0.1) is 0 Å². The molecule has 1 aliphatic rings. The van der Waals surface area contributed by atoms with Crippen molar-refractivity contribution in [1.29, 1.82) is 0 Å². The van der Waals surface area contributed by atoms with Gasteiger partial charge in [-0.25, -0.2) is 0 Å². The summed E-state index contributed by atoms with van der Waals surface area (Å²) in [6, 6.07) is 34.8. The summed E-state index contributed by atoms with van der Waals surface area (Å²) in [5.74, 6) is 0.467. The number of hydrazone groups is 1. The quantitative estimate of drug-likeness (QED) is 0.287. The molecule has 1 aromatic heterocycles.